The second-order valence-corrected chi connectivity index (χ2v) is 7.74. The number of nitrogens with one attached hydrogen (secondary N) is 2. The Bertz CT molecular complexity index is 1100. The minimum Gasteiger partial charge on any atom is -0.331 e. The summed E-state index contributed by atoms with van der Waals surface area (Å²) in [7, 11) is -3.29. The van der Waals surface area contributed by atoms with Crippen molar-refractivity contribution < 1.29 is 8.42 Å². The van der Waals surface area contributed by atoms with Crippen LogP contribution in [0, 0.1) is 4.77 Å². The normalized spacial score (nSPS) is 11.4. The van der Waals surface area contributed by atoms with E-state index in [9.17, 15) is 13.2 Å². The Kier molecular flexibility index (Phi) is 4.21. The van der Waals surface area contributed by atoms with Gasteiger partial charge in [0.15, 0.2) is 14.6 Å². The van der Waals surface area contributed by atoms with E-state index in [4.69, 9.17) is 12.2 Å². The molecule has 122 valence electrons. The van der Waals surface area contributed by atoms with Crippen molar-refractivity contribution in [2.75, 3.05) is 6.26 Å². The van der Waals surface area contributed by atoms with Crippen LogP contribution in [0.5, 0.6) is 0 Å². The lowest BCUT2D eigenvalue weighted by atomic mass is 10.0. The fourth-order valence-electron chi connectivity index (χ4n) is 2.45. The average Bonchev–Trinajstić information content (AvgIpc) is 2.54. The first-order valence-corrected chi connectivity index (χ1v) is 9.39. The summed E-state index contributed by atoms with van der Waals surface area (Å²) in [5.74, 6) is 0. The van der Waals surface area contributed by atoms with Crippen molar-refractivity contribution in [2.45, 2.75) is 4.90 Å². The molecule has 0 radical (unpaired) electrons. The topological polar surface area (TPSA) is 82.8 Å². The van der Waals surface area contributed by atoms with Crippen LogP contribution in [0.3, 0.4) is 0 Å². The third-order valence-electron chi connectivity index (χ3n) is 3.58. The molecular weight excluding hydrogens is 344 g/mol. The summed E-state index contributed by atoms with van der Waals surface area (Å²) in [5.41, 5.74) is 2.10. The minimum absolute atomic E-state index is 0.202. The van der Waals surface area contributed by atoms with E-state index < -0.39 is 9.84 Å². The number of aromatic nitrogens is 2. The van der Waals surface area contributed by atoms with E-state index in [-0.39, 0.29) is 15.2 Å². The highest BCUT2D eigenvalue weighted by atomic mass is 32.2. The lowest BCUT2D eigenvalue weighted by Gasteiger charge is -2.10. The number of benzene rings is 2. The fraction of sp³-hybridized carbons (Fsp3) is 0.0588. The molecule has 2 aromatic carbocycles. The van der Waals surface area contributed by atoms with Crippen molar-refractivity contribution in [1.29, 1.82) is 0 Å². The Hall–Kier alpha value is -2.51. The third kappa shape index (κ3) is 3.22. The predicted molar refractivity (Wildman–Crippen MR) is 96.2 cm³/mol. The number of hydrogen-bond acceptors (Lipinski definition) is 4. The highest BCUT2D eigenvalue weighted by Crippen LogP contribution is 2.27. The molecule has 0 unspecified atom stereocenters. The molecule has 1 heterocycles. The lowest BCUT2D eigenvalue weighted by molar-refractivity contribution is 0.602. The van der Waals surface area contributed by atoms with Crippen LogP contribution in [0.4, 0.5) is 0 Å². The van der Waals surface area contributed by atoms with E-state index >= 15 is 0 Å². The molecule has 2 N–H and O–H groups in total. The zero-order valence-corrected chi connectivity index (χ0v) is 14.4. The molecule has 0 spiro atoms. The smallest absolute Gasteiger partial charge is 0.260 e. The number of sulfone groups is 1. The highest BCUT2D eigenvalue weighted by molar-refractivity contribution is 7.90. The number of aromatic amines is 2. The van der Waals surface area contributed by atoms with Crippen molar-refractivity contribution in [3.05, 3.63) is 69.7 Å². The zero-order valence-electron chi connectivity index (χ0n) is 12.7. The van der Waals surface area contributed by atoms with Crippen molar-refractivity contribution >= 4 is 22.1 Å². The van der Waals surface area contributed by atoms with Gasteiger partial charge in [0.05, 0.1) is 16.2 Å². The average molecular weight is 358 g/mol. The monoisotopic (exact) mass is 358 g/mol. The second kappa shape index (κ2) is 6.18. The number of hydrogen-bond donors (Lipinski definition) is 2. The third-order valence-corrected chi connectivity index (χ3v) is 4.91. The van der Waals surface area contributed by atoms with Crippen LogP contribution in [0.2, 0.25) is 0 Å². The van der Waals surface area contributed by atoms with Gasteiger partial charge in [0.1, 0.15) is 0 Å². The predicted octanol–water partition coefficient (Wildman–Crippen LogP) is 3.17. The van der Waals surface area contributed by atoms with Crippen molar-refractivity contribution in [1.82, 2.24) is 9.97 Å². The Labute approximate surface area is 143 Å². The zero-order chi connectivity index (χ0) is 17.3. The first-order chi connectivity index (χ1) is 11.4. The number of H-pyrrole nitrogens is 2. The summed E-state index contributed by atoms with van der Waals surface area (Å²) >= 11 is 5.08. The molecule has 3 rings (SSSR count). The van der Waals surface area contributed by atoms with E-state index in [1.807, 2.05) is 30.3 Å². The second-order valence-electron chi connectivity index (χ2n) is 5.32. The van der Waals surface area contributed by atoms with E-state index in [2.05, 4.69) is 9.97 Å². The molecular formula is C17H14N2O3S2. The van der Waals surface area contributed by atoms with E-state index in [1.54, 1.807) is 12.1 Å². The molecule has 0 saturated carbocycles. The molecule has 0 atom stereocenters. The van der Waals surface area contributed by atoms with Crippen LogP contribution in [0.25, 0.3) is 22.4 Å². The van der Waals surface area contributed by atoms with Gasteiger partial charge >= 0.3 is 0 Å². The van der Waals surface area contributed by atoms with Gasteiger partial charge in [-0.25, -0.2) is 8.42 Å². The summed E-state index contributed by atoms with van der Waals surface area (Å²) < 4.78 is 23.4. The minimum atomic E-state index is -3.29. The molecule has 7 heteroatoms. The molecule has 1 aromatic heterocycles. The van der Waals surface area contributed by atoms with Crippen LogP contribution in [0.1, 0.15) is 0 Å². The largest absolute Gasteiger partial charge is 0.331 e. The maximum absolute atomic E-state index is 12.5. The molecule has 0 saturated heterocycles. The van der Waals surface area contributed by atoms with Crippen LogP contribution >= 0.6 is 12.2 Å². The van der Waals surface area contributed by atoms with Crippen molar-refractivity contribution in [3.63, 3.8) is 0 Å². The SMILES string of the molecule is CS(=O)(=O)c1ccc(-c2c(-c3ccccc3)[nH]c(=S)[nH]c2=O)cc1. The molecule has 5 nitrogen and oxygen atoms in total. The van der Waals surface area contributed by atoms with Gasteiger partial charge in [-0.05, 0) is 35.5 Å². The van der Waals surface area contributed by atoms with Gasteiger partial charge in [0, 0.05) is 6.26 Å². The van der Waals surface area contributed by atoms with E-state index in [1.165, 1.54) is 12.1 Å². The van der Waals surface area contributed by atoms with Crippen LogP contribution < -0.4 is 5.56 Å². The van der Waals surface area contributed by atoms with Gasteiger partial charge in [-0.3, -0.25) is 9.78 Å². The quantitative estimate of drug-likeness (QED) is 0.705. The Morgan fingerprint density at radius 3 is 2.08 bits per heavy atom. The summed E-state index contributed by atoms with van der Waals surface area (Å²) in [6.07, 6.45) is 1.14. The number of rotatable bonds is 3. The van der Waals surface area contributed by atoms with Gasteiger partial charge in [-0.15, -0.1) is 0 Å². The maximum atomic E-state index is 12.5. The highest BCUT2D eigenvalue weighted by Gasteiger charge is 2.14. The maximum Gasteiger partial charge on any atom is 0.260 e. The summed E-state index contributed by atoms with van der Waals surface area (Å²) in [6.45, 7) is 0. The lowest BCUT2D eigenvalue weighted by Crippen LogP contribution is -2.12. The summed E-state index contributed by atoms with van der Waals surface area (Å²) in [4.78, 5) is 18.3. The molecule has 24 heavy (non-hydrogen) atoms. The fourth-order valence-corrected chi connectivity index (χ4v) is 3.28. The molecule has 0 aliphatic rings. The van der Waals surface area contributed by atoms with Gasteiger partial charge in [0.25, 0.3) is 5.56 Å². The van der Waals surface area contributed by atoms with Crippen LogP contribution in [-0.4, -0.2) is 24.6 Å². The van der Waals surface area contributed by atoms with Crippen LogP contribution in [0.15, 0.2) is 64.3 Å². The van der Waals surface area contributed by atoms with E-state index in [0.717, 1.165) is 11.8 Å². The molecule has 0 fully saturated rings. The Balaban J connectivity index is 2.25. The molecule has 0 bridgehead atoms. The first-order valence-electron chi connectivity index (χ1n) is 7.09. The molecule has 3 aromatic rings. The Morgan fingerprint density at radius 1 is 0.875 bits per heavy atom. The summed E-state index contributed by atoms with van der Waals surface area (Å²) in [6, 6.07) is 15.6. The molecule has 0 amide bonds. The van der Waals surface area contributed by atoms with Gasteiger partial charge in [-0.2, -0.15) is 0 Å². The Morgan fingerprint density at radius 2 is 1.50 bits per heavy atom. The molecule has 0 aliphatic heterocycles. The summed E-state index contributed by atoms with van der Waals surface area (Å²) in [5, 5.41) is 0. The van der Waals surface area contributed by atoms with Gasteiger partial charge in [-0.1, -0.05) is 42.5 Å². The van der Waals surface area contributed by atoms with Gasteiger partial charge < -0.3 is 4.98 Å². The van der Waals surface area contributed by atoms with Crippen molar-refractivity contribution in [2.24, 2.45) is 0 Å². The van der Waals surface area contributed by atoms with Crippen LogP contribution in [-0.2, 0) is 9.84 Å². The van der Waals surface area contributed by atoms with E-state index in [0.29, 0.717) is 16.8 Å². The first kappa shape index (κ1) is 16.4. The van der Waals surface area contributed by atoms with Crippen molar-refractivity contribution in [3.8, 4) is 22.4 Å². The standard InChI is InChI=1S/C17H14N2O3S2/c1-24(21,22)13-9-7-11(8-10-13)14-15(12-5-3-2-4-6-12)18-17(23)19-16(14)20/h2-10H,1H3,(H2,18,19,20,23). The molecule has 0 aliphatic carbocycles. The van der Waals surface area contributed by atoms with Gasteiger partial charge in [0.2, 0.25) is 0 Å².